The molecule has 7 nitrogen and oxygen atoms in total. The monoisotopic (exact) mass is 479 g/mol. The van der Waals surface area contributed by atoms with Crippen LogP contribution in [0.2, 0.25) is 0 Å². The van der Waals surface area contributed by atoms with Crippen LogP contribution < -0.4 is 10.6 Å². The minimum atomic E-state index is -3.78. The van der Waals surface area contributed by atoms with Crippen molar-refractivity contribution in [2.45, 2.75) is 31.1 Å². The minimum Gasteiger partial charge on any atom is -0.325 e. The van der Waals surface area contributed by atoms with Crippen molar-refractivity contribution in [2.24, 2.45) is 0 Å². The molecule has 3 rings (SSSR count). The molecule has 0 aliphatic carbocycles. The summed E-state index contributed by atoms with van der Waals surface area (Å²) in [4.78, 5) is 25.2. The Kier molecular flexibility index (Phi) is 7.54. The number of benzene rings is 3. The van der Waals surface area contributed by atoms with Crippen LogP contribution in [0, 0.1) is 0 Å². The molecule has 0 saturated carbocycles. The Morgan fingerprint density at radius 3 is 2.00 bits per heavy atom. The number of nitrogens with zero attached hydrogens (tertiary/aromatic N) is 1. The number of hydrogen-bond donors (Lipinski definition) is 2. The second-order valence-electron chi connectivity index (χ2n) is 8.98. The summed E-state index contributed by atoms with van der Waals surface area (Å²) in [5.74, 6) is -0.763. The third-order valence-electron chi connectivity index (χ3n) is 5.23. The van der Waals surface area contributed by atoms with Gasteiger partial charge in [-0.2, -0.15) is 4.31 Å². The lowest BCUT2D eigenvalue weighted by atomic mass is 9.87. The first-order valence-corrected chi connectivity index (χ1v) is 12.2. The van der Waals surface area contributed by atoms with E-state index < -0.39 is 15.9 Å². The van der Waals surface area contributed by atoms with Crippen LogP contribution in [0.25, 0.3) is 0 Å². The molecule has 3 aromatic rings. The first-order chi connectivity index (χ1) is 16.0. The van der Waals surface area contributed by atoms with Gasteiger partial charge in [-0.05, 0) is 53.4 Å². The maximum absolute atomic E-state index is 12.6. The lowest BCUT2D eigenvalue weighted by Gasteiger charge is -2.19. The molecule has 0 fully saturated rings. The second kappa shape index (κ2) is 10.2. The maximum Gasteiger partial charge on any atom is 0.255 e. The Labute approximate surface area is 200 Å². The van der Waals surface area contributed by atoms with E-state index in [2.05, 4.69) is 31.4 Å². The number of sulfonamides is 1. The standard InChI is InChI=1S/C26H29N3O4S/c1-26(2,3)20-15-13-19(14-16-20)25(31)28-22-10-8-9-21(17-22)27-24(30)18-29(4)34(32,33)23-11-6-5-7-12-23/h5-17H,18H2,1-4H3,(H,27,30)(H,28,31). The SMILES string of the molecule is CN(CC(=O)Nc1cccc(NC(=O)c2ccc(C(C)(C)C)cc2)c1)S(=O)(=O)c1ccccc1. The number of likely N-dealkylation sites (N-methyl/N-ethyl adjacent to an activating group) is 1. The summed E-state index contributed by atoms with van der Waals surface area (Å²) in [7, 11) is -2.43. The van der Waals surface area contributed by atoms with Gasteiger partial charge in [0.25, 0.3) is 5.91 Å². The van der Waals surface area contributed by atoms with Crippen LogP contribution in [0.1, 0.15) is 36.7 Å². The van der Waals surface area contributed by atoms with Crippen LogP contribution in [-0.2, 0) is 20.2 Å². The molecule has 0 atom stereocenters. The quantitative estimate of drug-likeness (QED) is 0.522. The minimum absolute atomic E-state index is 0.00393. The van der Waals surface area contributed by atoms with Gasteiger partial charge in [-0.1, -0.05) is 57.2 Å². The average Bonchev–Trinajstić information content (AvgIpc) is 2.79. The van der Waals surface area contributed by atoms with E-state index in [4.69, 9.17) is 0 Å². The summed E-state index contributed by atoms with van der Waals surface area (Å²) in [6, 6.07) is 22.0. The molecule has 34 heavy (non-hydrogen) atoms. The molecule has 3 aromatic carbocycles. The Balaban J connectivity index is 1.63. The molecule has 2 amide bonds. The van der Waals surface area contributed by atoms with Gasteiger partial charge in [-0.15, -0.1) is 0 Å². The molecular formula is C26H29N3O4S. The summed E-state index contributed by atoms with van der Waals surface area (Å²) in [6.45, 7) is 5.97. The van der Waals surface area contributed by atoms with Gasteiger partial charge in [-0.25, -0.2) is 8.42 Å². The van der Waals surface area contributed by atoms with Gasteiger partial charge in [0.05, 0.1) is 11.4 Å². The van der Waals surface area contributed by atoms with Gasteiger partial charge < -0.3 is 10.6 Å². The molecule has 0 bridgehead atoms. The Morgan fingerprint density at radius 1 is 0.824 bits per heavy atom. The van der Waals surface area contributed by atoms with Gasteiger partial charge in [0.1, 0.15) is 0 Å². The van der Waals surface area contributed by atoms with E-state index in [0.29, 0.717) is 16.9 Å². The fraction of sp³-hybridized carbons (Fsp3) is 0.231. The van der Waals surface area contributed by atoms with Crippen LogP contribution in [0.15, 0.2) is 83.8 Å². The summed E-state index contributed by atoms with van der Waals surface area (Å²) >= 11 is 0. The normalized spacial score (nSPS) is 11.8. The molecule has 0 heterocycles. The summed E-state index contributed by atoms with van der Waals surface area (Å²) in [5, 5.41) is 5.50. The summed E-state index contributed by atoms with van der Waals surface area (Å²) < 4.78 is 26.2. The highest BCUT2D eigenvalue weighted by molar-refractivity contribution is 7.89. The first kappa shape index (κ1) is 25.1. The Bertz CT molecular complexity index is 1270. The number of rotatable bonds is 7. The van der Waals surface area contributed by atoms with Crippen LogP contribution >= 0.6 is 0 Å². The third-order valence-corrected chi connectivity index (χ3v) is 7.05. The molecule has 178 valence electrons. The smallest absolute Gasteiger partial charge is 0.255 e. The van der Waals surface area contributed by atoms with E-state index in [-0.39, 0.29) is 22.8 Å². The highest BCUT2D eigenvalue weighted by Gasteiger charge is 2.22. The molecule has 0 saturated heterocycles. The van der Waals surface area contributed by atoms with E-state index in [1.807, 2.05) is 12.1 Å². The van der Waals surface area contributed by atoms with Crippen molar-refractivity contribution < 1.29 is 18.0 Å². The zero-order chi connectivity index (χ0) is 24.9. The third kappa shape index (κ3) is 6.30. The average molecular weight is 480 g/mol. The molecule has 0 aliphatic heterocycles. The molecule has 0 aromatic heterocycles. The molecule has 2 N–H and O–H groups in total. The van der Waals surface area contributed by atoms with E-state index in [1.54, 1.807) is 54.6 Å². The molecule has 0 spiro atoms. The number of nitrogens with one attached hydrogen (secondary N) is 2. The maximum atomic E-state index is 12.6. The Morgan fingerprint density at radius 2 is 1.41 bits per heavy atom. The highest BCUT2D eigenvalue weighted by atomic mass is 32.2. The topological polar surface area (TPSA) is 95.6 Å². The van der Waals surface area contributed by atoms with Crippen molar-refractivity contribution in [1.82, 2.24) is 4.31 Å². The number of amides is 2. The van der Waals surface area contributed by atoms with Crippen LogP contribution in [0.5, 0.6) is 0 Å². The lowest BCUT2D eigenvalue weighted by Crippen LogP contribution is -2.34. The zero-order valence-electron chi connectivity index (χ0n) is 19.7. The van der Waals surface area contributed by atoms with Gasteiger partial charge in [0, 0.05) is 24.0 Å². The van der Waals surface area contributed by atoms with Crippen molar-refractivity contribution >= 4 is 33.2 Å². The first-order valence-electron chi connectivity index (χ1n) is 10.8. The number of carbonyl (C=O) groups excluding carboxylic acids is 2. The number of anilines is 2. The zero-order valence-corrected chi connectivity index (χ0v) is 20.5. The van der Waals surface area contributed by atoms with Crippen molar-refractivity contribution in [1.29, 1.82) is 0 Å². The van der Waals surface area contributed by atoms with Crippen LogP contribution in [0.4, 0.5) is 11.4 Å². The van der Waals surface area contributed by atoms with Gasteiger partial charge in [0.15, 0.2) is 0 Å². The Hall–Kier alpha value is -3.49. The number of hydrogen-bond acceptors (Lipinski definition) is 4. The predicted molar refractivity (Wildman–Crippen MR) is 134 cm³/mol. The van der Waals surface area contributed by atoms with Crippen molar-refractivity contribution in [3.8, 4) is 0 Å². The van der Waals surface area contributed by atoms with Crippen molar-refractivity contribution in [3.05, 3.63) is 90.0 Å². The van der Waals surface area contributed by atoms with Gasteiger partial charge in [-0.3, -0.25) is 9.59 Å². The molecule has 8 heteroatoms. The number of carbonyl (C=O) groups is 2. The summed E-state index contributed by atoms with van der Waals surface area (Å²) in [6.07, 6.45) is 0. The van der Waals surface area contributed by atoms with Gasteiger partial charge >= 0.3 is 0 Å². The molecule has 0 radical (unpaired) electrons. The van der Waals surface area contributed by atoms with Crippen molar-refractivity contribution in [3.63, 3.8) is 0 Å². The largest absolute Gasteiger partial charge is 0.325 e. The molecule has 0 unspecified atom stereocenters. The van der Waals surface area contributed by atoms with E-state index in [1.165, 1.54) is 19.2 Å². The van der Waals surface area contributed by atoms with E-state index in [0.717, 1.165) is 9.87 Å². The van der Waals surface area contributed by atoms with E-state index >= 15 is 0 Å². The molecule has 0 aliphatic rings. The second-order valence-corrected chi connectivity index (χ2v) is 11.0. The fourth-order valence-corrected chi connectivity index (χ4v) is 4.41. The van der Waals surface area contributed by atoms with Crippen LogP contribution in [0.3, 0.4) is 0 Å². The van der Waals surface area contributed by atoms with Crippen molar-refractivity contribution in [2.75, 3.05) is 24.2 Å². The van der Waals surface area contributed by atoms with Gasteiger partial charge in [0.2, 0.25) is 15.9 Å². The summed E-state index contributed by atoms with van der Waals surface area (Å²) in [5.41, 5.74) is 2.60. The molecular weight excluding hydrogens is 450 g/mol. The predicted octanol–water partition coefficient (Wildman–Crippen LogP) is 4.50. The lowest BCUT2D eigenvalue weighted by molar-refractivity contribution is -0.116. The highest BCUT2D eigenvalue weighted by Crippen LogP contribution is 2.23. The fourth-order valence-electron chi connectivity index (χ4n) is 3.26. The van der Waals surface area contributed by atoms with Crippen LogP contribution in [-0.4, -0.2) is 38.1 Å². The van der Waals surface area contributed by atoms with E-state index in [9.17, 15) is 18.0 Å².